The van der Waals surface area contributed by atoms with E-state index in [1.165, 1.54) is 57.8 Å². The van der Waals surface area contributed by atoms with Crippen molar-refractivity contribution in [2.45, 2.75) is 90.6 Å². The molecule has 0 bridgehead atoms. The van der Waals surface area contributed by atoms with Gasteiger partial charge in [0.25, 0.3) is 5.91 Å². The lowest BCUT2D eigenvalue weighted by atomic mass is 10.1. The Morgan fingerprint density at radius 3 is 2.26 bits per heavy atom. The number of amides is 1. The van der Waals surface area contributed by atoms with E-state index in [1.807, 2.05) is 25.1 Å². The van der Waals surface area contributed by atoms with Crippen LogP contribution in [0.1, 0.15) is 89.9 Å². The second-order valence-corrected chi connectivity index (χ2v) is 9.76. The van der Waals surface area contributed by atoms with Gasteiger partial charge in [-0.15, -0.1) is 0 Å². The van der Waals surface area contributed by atoms with Crippen molar-refractivity contribution in [1.29, 1.82) is 0 Å². The van der Waals surface area contributed by atoms with E-state index in [2.05, 4.69) is 22.9 Å². The molecule has 35 heavy (non-hydrogen) atoms. The van der Waals surface area contributed by atoms with Crippen LogP contribution in [0.4, 0.5) is 0 Å². The molecule has 3 aromatic rings. The zero-order valence-corrected chi connectivity index (χ0v) is 22.0. The van der Waals surface area contributed by atoms with E-state index in [0.29, 0.717) is 10.8 Å². The van der Waals surface area contributed by atoms with Crippen LogP contribution in [-0.4, -0.2) is 22.1 Å². The van der Waals surface area contributed by atoms with Crippen LogP contribution in [-0.2, 0) is 11.3 Å². The summed E-state index contributed by atoms with van der Waals surface area (Å²) in [5, 5.41) is 3.68. The molecule has 5 nitrogen and oxygen atoms in total. The van der Waals surface area contributed by atoms with Gasteiger partial charge in [-0.1, -0.05) is 88.4 Å². The van der Waals surface area contributed by atoms with Crippen LogP contribution >= 0.6 is 11.6 Å². The molecule has 0 aliphatic rings. The van der Waals surface area contributed by atoms with Gasteiger partial charge in [0.1, 0.15) is 11.6 Å². The molecule has 0 radical (unpaired) electrons. The number of nitrogens with zero attached hydrogens (tertiary/aromatic N) is 2. The molecule has 2 aromatic carbocycles. The van der Waals surface area contributed by atoms with Crippen molar-refractivity contribution in [1.82, 2.24) is 14.9 Å². The SMILES string of the molecule is CCCCCCCCCCCCn1c(C(C)NC(=O)COc2ccc(Cl)cc2)nc2ccccc21. The maximum Gasteiger partial charge on any atom is 0.258 e. The molecule has 0 aliphatic carbocycles. The highest BCUT2D eigenvalue weighted by Crippen LogP contribution is 2.22. The molecule has 1 aromatic heterocycles. The predicted molar refractivity (Wildman–Crippen MR) is 145 cm³/mol. The van der Waals surface area contributed by atoms with Gasteiger partial charge >= 0.3 is 0 Å². The van der Waals surface area contributed by atoms with Crippen LogP contribution in [0.25, 0.3) is 11.0 Å². The summed E-state index contributed by atoms with van der Waals surface area (Å²) in [5.41, 5.74) is 2.09. The zero-order valence-electron chi connectivity index (χ0n) is 21.3. The molecule has 3 rings (SSSR count). The van der Waals surface area contributed by atoms with Crippen LogP contribution in [0.15, 0.2) is 48.5 Å². The standard InChI is InChI=1S/C29H40ClN3O2/c1-3-4-5-6-7-8-9-10-11-14-21-33-27-16-13-12-15-26(27)32-29(33)23(2)31-28(34)22-35-25-19-17-24(30)18-20-25/h12-13,15-20,23H,3-11,14,21-22H2,1-2H3,(H,31,34). The molecule has 1 heterocycles. The number of aryl methyl sites for hydroxylation is 1. The minimum atomic E-state index is -0.216. The highest BCUT2D eigenvalue weighted by atomic mass is 35.5. The van der Waals surface area contributed by atoms with Crippen LogP contribution in [0.5, 0.6) is 5.75 Å². The number of ether oxygens (including phenoxy) is 1. The second kappa shape index (κ2) is 14.8. The fraction of sp³-hybridized carbons (Fsp3) is 0.517. The van der Waals surface area contributed by atoms with Crippen molar-refractivity contribution in [3.05, 3.63) is 59.4 Å². The molecule has 0 saturated carbocycles. The summed E-state index contributed by atoms with van der Waals surface area (Å²) in [7, 11) is 0. The summed E-state index contributed by atoms with van der Waals surface area (Å²) in [4.78, 5) is 17.4. The van der Waals surface area contributed by atoms with Crippen LogP contribution in [0.3, 0.4) is 0 Å². The summed E-state index contributed by atoms with van der Waals surface area (Å²) >= 11 is 5.90. The topological polar surface area (TPSA) is 56.2 Å². The molecule has 0 spiro atoms. The number of carbonyl (C=O) groups excluding carboxylic acids is 1. The van der Waals surface area contributed by atoms with Crippen LogP contribution in [0.2, 0.25) is 5.02 Å². The van der Waals surface area contributed by atoms with E-state index in [-0.39, 0.29) is 18.6 Å². The third-order valence-corrected chi connectivity index (χ3v) is 6.62. The van der Waals surface area contributed by atoms with Gasteiger partial charge in [0, 0.05) is 11.6 Å². The van der Waals surface area contributed by atoms with Crippen molar-refractivity contribution < 1.29 is 9.53 Å². The van der Waals surface area contributed by atoms with Gasteiger partial charge in [-0.05, 0) is 49.7 Å². The number of halogens is 1. The van der Waals surface area contributed by atoms with Gasteiger partial charge in [0.2, 0.25) is 0 Å². The lowest BCUT2D eigenvalue weighted by Crippen LogP contribution is -2.32. The third-order valence-electron chi connectivity index (χ3n) is 6.37. The maximum absolute atomic E-state index is 12.5. The first-order chi connectivity index (χ1) is 17.1. The number of hydrogen-bond donors (Lipinski definition) is 1. The third kappa shape index (κ3) is 8.88. The van der Waals surface area contributed by atoms with Gasteiger partial charge in [-0.2, -0.15) is 0 Å². The molecule has 6 heteroatoms. The van der Waals surface area contributed by atoms with Crippen molar-refractivity contribution in [2.24, 2.45) is 0 Å². The lowest BCUT2D eigenvalue weighted by Gasteiger charge is -2.17. The Bertz CT molecular complexity index is 1030. The first-order valence-corrected chi connectivity index (χ1v) is 13.6. The zero-order chi connectivity index (χ0) is 24.9. The number of benzene rings is 2. The van der Waals surface area contributed by atoms with E-state index in [0.717, 1.165) is 29.8 Å². The number of rotatable bonds is 16. The highest BCUT2D eigenvalue weighted by molar-refractivity contribution is 6.30. The Kier molecular flexibility index (Phi) is 11.4. The molecule has 0 aliphatic heterocycles. The Balaban J connectivity index is 1.49. The van der Waals surface area contributed by atoms with E-state index in [1.54, 1.807) is 24.3 Å². The van der Waals surface area contributed by atoms with Crippen molar-refractivity contribution in [2.75, 3.05) is 6.61 Å². The second-order valence-electron chi connectivity index (χ2n) is 9.32. The van der Waals surface area contributed by atoms with Gasteiger partial charge < -0.3 is 14.6 Å². The number of aromatic nitrogens is 2. The summed E-state index contributed by atoms with van der Waals surface area (Å²) in [6.45, 7) is 5.11. The highest BCUT2D eigenvalue weighted by Gasteiger charge is 2.18. The Labute approximate surface area is 215 Å². The minimum Gasteiger partial charge on any atom is -0.484 e. The van der Waals surface area contributed by atoms with Crippen molar-refractivity contribution in [3.63, 3.8) is 0 Å². The Morgan fingerprint density at radius 2 is 1.57 bits per heavy atom. The van der Waals surface area contributed by atoms with E-state index in [4.69, 9.17) is 21.3 Å². The molecule has 1 atom stereocenters. The molecular weight excluding hydrogens is 458 g/mol. The van der Waals surface area contributed by atoms with Crippen molar-refractivity contribution in [3.8, 4) is 5.75 Å². The number of nitrogens with one attached hydrogen (secondary N) is 1. The van der Waals surface area contributed by atoms with E-state index < -0.39 is 0 Å². The predicted octanol–water partition coefficient (Wildman–Crippen LogP) is 7.87. The molecule has 1 amide bonds. The van der Waals surface area contributed by atoms with E-state index >= 15 is 0 Å². The number of carbonyl (C=O) groups is 1. The number of imidazole rings is 1. The van der Waals surface area contributed by atoms with Crippen molar-refractivity contribution >= 4 is 28.5 Å². The maximum atomic E-state index is 12.5. The Hall–Kier alpha value is -2.53. The monoisotopic (exact) mass is 497 g/mol. The molecule has 1 unspecified atom stereocenters. The van der Waals surface area contributed by atoms with Gasteiger partial charge in [0.15, 0.2) is 6.61 Å². The smallest absolute Gasteiger partial charge is 0.258 e. The molecule has 190 valence electrons. The normalized spacial score (nSPS) is 12.1. The van der Waals surface area contributed by atoms with Gasteiger partial charge in [-0.25, -0.2) is 4.98 Å². The van der Waals surface area contributed by atoms with Crippen LogP contribution < -0.4 is 10.1 Å². The van der Waals surface area contributed by atoms with Gasteiger partial charge in [-0.3, -0.25) is 4.79 Å². The minimum absolute atomic E-state index is 0.0509. The average molecular weight is 498 g/mol. The number of unbranched alkanes of at least 4 members (excludes halogenated alkanes) is 9. The fourth-order valence-corrected chi connectivity index (χ4v) is 4.57. The summed E-state index contributed by atoms with van der Waals surface area (Å²) in [6.07, 6.45) is 13.1. The molecule has 0 saturated heterocycles. The fourth-order valence-electron chi connectivity index (χ4n) is 4.44. The van der Waals surface area contributed by atoms with Gasteiger partial charge in [0.05, 0.1) is 17.1 Å². The number of fused-ring (bicyclic) bond motifs is 1. The average Bonchev–Trinajstić information content (AvgIpc) is 3.23. The Morgan fingerprint density at radius 1 is 0.943 bits per heavy atom. The number of hydrogen-bond acceptors (Lipinski definition) is 3. The summed E-state index contributed by atoms with van der Waals surface area (Å²) in [6, 6.07) is 15.0. The molecule has 0 fully saturated rings. The number of para-hydroxylation sites is 2. The van der Waals surface area contributed by atoms with Crippen LogP contribution in [0, 0.1) is 0 Å². The summed E-state index contributed by atoms with van der Waals surface area (Å²) < 4.78 is 7.86. The summed E-state index contributed by atoms with van der Waals surface area (Å²) in [5.74, 6) is 1.33. The molecule has 1 N–H and O–H groups in total. The largest absolute Gasteiger partial charge is 0.484 e. The lowest BCUT2D eigenvalue weighted by molar-refractivity contribution is -0.123. The first kappa shape index (κ1) is 27.1. The van der Waals surface area contributed by atoms with E-state index in [9.17, 15) is 4.79 Å². The first-order valence-electron chi connectivity index (χ1n) is 13.2. The molecular formula is C29H40ClN3O2. The quantitative estimate of drug-likeness (QED) is 0.205.